The lowest BCUT2D eigenvalue weighted by molar-refractivity contribution is -0.112. The average Bonchev–Trinajstić information content (AvgIpc) is 3.07. The molecule has 1 N–H and O–H groups in total. The van der Waals surface area contributed by atoms with Crippen LogP contribution in [0.2, 0.25) is 5.02 Å². The Balaban J connectivity index is 1.90. The number of anilines is 1. The number of methoxy groups -OCH3 is 1. The number of ether oxygens (including phenoxy) is 1. The first-order chi connectivity index (χ1) is 13.5. The standard InChI is InChI=1S/C20H16ClN5O2/c1-26-12-15(19(25-26)13-5-7-23-8-6-13)9-14(11-22)20(27)24-16-3-4-18(28-2)17(21)10-16/h3-10,12H,1-2H3,(H,24,27)/b14-9-. The molecule has 2 aromatic heterocycles. The van der Waals surface area contributed by atoms with Crippen LogP contribution in [0.15, 0.2) is 54.5 Å². The molecule has 0 saturated carbocycles. The number of pyridine rings is 1. The van der Waals surface area contributed by atoms with Crippen molar-refractivity contribution in [3.8, 4) is 23.1 Å². The molecule has 0 saturated heterocycles. The summed E-state index contributed by atoms with van der Waals surface area (Å²) in [7, 11) is 3.28. The molecule has 0 aliphatic heterocycles. The van der Waals surface area contributed by atoms with Crippen LogP contribution in [0.25, 0.3) is 17.3 Å². The molecule has 1 aromatic carbocycles. The molecule has 0 spiro atoms. The fraction of sp³-hybridized carbons (Fsp3) is 0.100. The topological polar surface area (TPSA) is 92.8 Å². The quantitative estimate of drug-likeness (QED) is 0.527. The number of rotatable bonds is 5. The van der Waals surface area contributed by atoms with Crippen LogP contribution < -0.4 is 10.1 Å². The van der Waals surface area contributed by atoms with Gasteiger partial charge in [0.2, 0.25) is 0 Å². The number of halogens is 1. The fourth-order valence-corrected chi connectivity index (χ4v) is 2.85. The smallest absolute Gasteiger partial charge is 0.266 e. The van der Waals surface area contributed by atoms with Crippen LogP contribution in [0.5, 0.6) is 5.75 Å². The highest BCUT2D eigenvalue weighted by Crippen LogP contribution is 2.28. The largest absolute Gasteiger partial charge is 0.495 e. The van der Waals surface area contributed by atoms with E-state index in [1.165, 1.54) is 13.2 Å². The van der Waals surface area contributed by atoms with Gasteiger partial charge in [0, 0.05) is 42.5 Å². The third kappa shape index (κ3) is 4.19. The molecule has 3 rings (SSSR count). The molecule has 0 aliphatic carbocycles. The first kappa shape index (κ1) is 19.1. The Morgan fingerprint density at radius 1 is 1.32 bits per heavy atom. The van der Waals surface area contributed by atoms with E-state index < -0.39 is 5.91 Å². The van der Waals surface area contributed by atoms with Gasteiger partial charge in [-0.15, -0.1) is 0 Å². The molecule has 0 bridgehead atoms. The van der Waals surface area contributed by atoms with E-state index in [-0.39, 0.29) is 5.57 Å². The lowest BCUT2D eigenvalue weighted by Crippen LogP contribution is -2.13. The van der Waals surface area contributed by atoms with Gasteiger partial charge in [0.1, 0.15) is 17.4 Å². The van der Waals surface area contributed by atoms with Crippen molar-refractivity contribution in [1.29, 1.82) is 5.26 Å². The summed E-state index contributed by atoms with van der Waals surface area (Å²) in [6.07, 6.45) is 6.56. The van der Waals surface area contributed by atoms with Gasteiger partial charge in [-0.05, 0) is 36.4 Å². The monoisotopic (exact) mass is 393 g/mol. The Morgan fingerprint density at radius 3 is 2.71 bits per heavy atom. The molecular weight excluding hydrogens is 378 g/mol. The molecule has 2 heterocycles. The number of nitrogens with zero attached hydrogens (tertiary/aromatic N) is 4. The van der Waals surface area contributed by atoms with E-state index in [2.05, 4.69) is 15.4 Å². The van der Waals surface area contributed by atoms with E-state index in [0.717, 1.165) is 5.56 Å². The first-order valence-electron chi connectivity index (χ1n) is 8.22. The Hall–Kier alpha value is -3.63. The van der Waals surface area contributed by atoms with E-state index in [0.29, 0.717) is 27.7 Å². The number of carbonyl (C=O) groups is 1. The number of carbonyl (C=O) groups excluding carboxylic acids is 1. The Bertz CT molecular complexity index is 1080. The Labute approximate surface area is 166 Å². The van der Waals surface area contributed by atoms with Crippen molar-refractivity contribution in [3.05, 3.63) is 65.1 Å². The number of aryl methyl sites for hydroxylation is 1. The van der Waals surface area contributed by atoms with E-state index in [4.69, 9.17) is 16.3 Å². The van der Waals surface area contributed by atoms with Gasteiger partial charge in [-0.25, -0.2) is 0 Å². The van der Waals surface area contributed by atoms with Crippen LogP contribution in [-0.2, 0) is 11.8 Å². The predicted octanol–water partition coefficient (Wildman–Crippen LogP) is 3.69. The summed E-state index contributed by atoms with van der Waals surface area (Å²) < 4.78 is 6.71. The van der Waals surface area contributed by atoms with Crippen molar-refractivity contribution < 1.29 is 9.53 Å². The number of amides is 1. The molecule has 8 heteroatoms. The summed E-state index contributed by atoms with van der Waals surface area (Å²) in [6.45, 7) is 0. The van der Waals surface area contributed by atoms with Crippen LogP contribution in [0, 0.1) is 11.3 Å². The van der Waals surface area contributed by atoms with Crippen LogP contribution >= 0.6 is 11.6 Å². The van der Waals surface area contributed by atoms with E-state index in [1.807, 2.05) is 18.2 Å². The minimum absolute atomic E-state index is 0.0600. The zero-order valence-electron chi connectivity index (χ0n) is 15.2. The summed E-state index contributed by atoms with van der Waals surface area (Å²) in [6, 6.07) is 10.4. The first-order valence-corrected chi connectivity index (χ1v) is 8.60. The van der Waals surface area contributed by atoms with Gasteiger partial charge in [0.05, 0.1) is 17.8 Å². The van der Waals surface area contributed by atoms with Crippen LogP contribution in [0.3, 0.4) is 0 Å². The molecule has 28 heavy (non-hydrogen) atoms. The molecule has 0 fully saturated rings. The summed E-state index contributed by atoms with van der Waals surface area (Å²) in [5.74, 6) is -0.0543. The van der Waals surface area contributed by atoms with Gasteiger partial charge in [-0.3, -0.25) is 14.5 Å². The Morgan fingerprint density at radius 2 is 2.07 bits per heavy atom. The molecule has 1 amide bonds. The maximum Gasteiger partial charge on any atom is 0.266 e. The van der Waals surface area contributed by atoms with Crippen molar-refractivity contribution in [2.24, 2.45) is 7.05 Å². The van der Waals surface area contributed by atoms with Gasteiger partial charge in [-0.1, -0.05) is 11.6 Å². The zero-order chi connectivity index (χ0) is 20.1. The minimum atomic E-state index is -0.548. The van der Waals surface area contributed by atoms with Crippen molar-refractivity contribution >= 4 is 29.3 Å². The highest BCUT2D eigenvalue weighted by molar-refractivity contribution is 6.32. The van der Waals surface area contributed by atoms with E-state index in [1.54, 1.807) is 48.5 Å². The highest BCUT2D eigenvalue weighted by atomic mass is 35.5. The van der Waals surface area contributed by atoms with Gasteiger partial charge in [0.25, 0.3) is 5.91 Å². The molecule has 0 radical (unpaired) electrons. The maximum absolute atomic E-state index is 12.6. The van der Waals surface area contributed by atoms with Gasteiger partial charge < -0.3 is 10.1 Å². The summed E-state index contributed by atoms with van der Waals surface area (Å²) in [5, 5.41) is 16.9. The number of nitriles is 1. The third-order valence-corrected chi connectivity index (χ3v) is 4.18. The fourth-order valence-electron chi connectivity index (χ4n) is 2.59. The minimum Gasteiger partial charge on any atom is -0.495 e. The summed E-state index contributed by atoms with van der Waals surface area (Å²) in [4.78, 5) is 16.5. The molecule has 7 nitrogen and oxygen atoms in total. The van der Waals surface area contributed by atoms with Gasteiger partial charge >= 0.3 is 0 Å². The lowest BCUT2D eigenvalue weighted by Gasteiger charge is -2.07. The third-order valence-electron chi connectivity index (χ3n) is 3.89. The zero-order valence-corrected chi connectivity index (χ0v) is 15.9. The van der Waals surface area contributed by atoms with Crippen molar-refractivity contribution in [2.45, 2.75) is 0 Å². The lowest BCUT2D eigenvalue weighted by atomic mass is 10.1. The molecular formula is C20H16ClN5O2. The second-order valence-electron chi connectivity index (χ2n) is 5.82. The van der Waals surface area contributed by atoms with Crippen LogP contribution in [0.1, 0.15) is 5.56 Å². The highest BCUT2D eigenvalue weighted by Gasteiger charge is 2.14. The second-order valence-corrected chi connectivity index (χ2v) is 6.22. The van der Waals surface area contributed by atoms with Crippen molar-refractivity contribution in [1.82, 2.24) is 14.8 Å². The number of hydrogen-bond acceptors (Lipinski definition) is 5. The van der Waals surface area contributed by atoms with E-state index >= 15 is 0 Å². The average molecular weight is 394 g/mol. The van der Waals surface area contributed by atoms with Crippen molar-refractivity contribution in [2.75, 3.05) is 12.4 Å². The van der Waals surface area contributed by atoms with Crippen LogP contribution in [-0.4, -0.2) is 27.8 Å². The Kier molecular flexibility index (Phi) is 5.72. The van der Waals surface area contributed by atoms with E-state index in [9.17, 15) is 10.1 Å². The predicted molar refractivity (Wildman–Crippen MR) is 107 cm³/mol. The number of hydrogen-bond donors (Lipinski definition) is 1. The number of benzene rings is 1. The van der Waals surface area contributed by atoms with Gasteiger partial charge in [-0.2, -0.15) is 10.4 Å². The molecule has 0 aliphatic rings. The molecule has 3 aromatic rings. The molecule has 0 unspecified atom stereocenters. The molecule has 0 atom stereocenters. The van der Waals surface area contributed by atoms with Gasteiger partial charge in [0.15, 0.2) is 0 Å². The summed E-state index contributed by atoms with van der Waals surface area (Å²) >= 11 is 6.08. The summed E-state index contributed by atoms with van der Waals surface area (Å²) in [5.41, 5.74) is 2.53. The maximum atomic E-state index is 12.6. The normalized spacial score (nSPS) is 11.0. The number of nitrogens with one attached hydrogen (secondary N) is 1. The number of aromatic nitrogens is 3. The van der Waals surface area contributed by atoms with Crippen LogP contribution in [0.4, 0.5) is 5.69 Å². The SMILES string of the molecule is COc1ccc(NC(=O)/C(C#N)=C\c2cn(C)nc2-c2ccncc2)cc1Cl. The van der Waals surface area contributed by atoms with Crippen molar-refractivity contribution in [3.63, 3.8) is 0 Å². The molecule has 140 valence electrons. The second kappa shape index (κ2) is 8.37.